The number of nitrogens with zero attached hydrogens (tertiary/aromatic N) is 1. The lowest BCUT2D eigenvalue weighted by atomic mass is 9.98. The molecule has 150 valence electrons. The van der Waals surface area contributed by atoms with E-state index in [1.54, 1.807) is 18.2 Å². The number of nitrogens with one attached hydrogen (secondary N) is 1. The molecule has 1 aromatic rings. The molecule has 1 aliphatic heterocycles. The molecule has 6 nitrogen and oxygen atoms in total. The molecule has 1 heterocycles. The van der Waals surface area contributed by atoms with E-state index in [0.29, 0.717) is 23.9 Å². The average molecular weight is 414 g/mol. The van der Waals surface area contributed by atoms with Crippen LogP contribution in [0.2, 0.25) is 0 Å². The Bertz CT molecular complexity index is 795. The molecule has 0 radical (unpaired) electrons. The fraction of sp³-hybridized carbons (Fsp3) is 0.632. The highest BCUT2D eigenvalue weighted by atomic mass is 35.5. The first-order chi connectivity index (χ1) is 12.4. The molecule has 1 saturated heterocycles. The van der Waals surface area contributed by atoms with Crippen molar-refractivity contribution in [2.75, 3.05) is 13.1 Å². The van der Waals surface area contributed by atoms with Crippen molar-refractivity contribution in [3.05, 3.63) is 29.8 Å². The molecule has 3 atom stereocenters. The van der Waals surface area contributed by atoms with Gasteiger partial charge in [-0.1, -0.05) is 18.9 Å². The number of benzene rings is 1. The number of nitrogens with two attached hydrogens (primary N) is 1. The summed E-state index contributed by atoms with van der Waals surface area (Å²) in [7, 11) is -3.59. The largest absolute Gasteiger partial charge is 0.338 e. The molecule has 4 rings (SSSR count). The Morgan fingerprint density at radius 1 is 1.11 bits per heavy atom. The Balaban J connectivity index is 0.00000210. The summed E-state index contributed by atoms with van der Waals surface area (Å²) in [6.07, 6.45) is 6.01. The monoisotopic (exact) mass is 413 g/mol. The molecule has 8 heteroatoms. The molecule has 0 bridgehead atoms. The van der Waals surface area contributed by atoms with Gasteiger partial charge in [0, 0.05) is 30.7 Å². The van der Waals surface area contributed by atoms with Crippen molar-refractivity contribution in [3.63, 3.8) is 0 Å². The van der Waals surface area contributed by atoms with E-state index in [2.05, 4.69) is 4.72 Å². The van der Waals surface area contributed by atoms with Crippen LogP contribution in [0.25, 0.3) is 0 Å². The zero-order valence-corrected chi connectivity index (χ0v) is 17.0. The van der Waals surface area contributed by atoms with Gasteiger partial charge in [-0.15, -0.1) is 12.4 Å². The lowest BCUT2D eigenvalue weighted by Gasteiger charge is -2.19. The van der Waals surface area contributed by atoms with E-state index < -0.39 is 10.0 Å². The zero-order valence-electron chi connectivity index (χ0n) is 15.3. The molecule has 3 unspecified atom stereocenters. The summed E-state index contributed by atoms with van der Waals surface area (Å²) in [5, 5.41) is 0. The van der Waals surface area contributed by atoms with Crippen molar-refractivity contribution >= 4 is 28.3 Å². The number of fused-ring (bicyclic) bond motifs is 1. The highest BCUT2D eigenvalue weighted by molar-refractivity contribution is 7.89. The first kappa shape index (κ1) is 20.6. The van der Waals surface area contributed by atoms with Crippen molar-refractivity contribution in [2.45, 2.75) is 55.5 Å². The summed E-state index contributed by atoms with van der Waals surface area (Å²) in [6, 6.07) is 6.61. The number of carbonyl (C=O) groups excluding carboxylic acids is 1. The second kappa shape index (κ2) is 8.07. The number of carbonyl (C=O) groups is 1. The van der Waals surface area contributed by atoms with Crippen molar-refractivity contribution < 1.29 is 13.2 Å². The van der Waals surface area contributed by atoms with Crippen LogP contribution in [0.3, 0.4) is 0 Å². The number of amides is 1. The molecule has 3 aliphatic rings. The minimum absolute atomic E-state index is 0. The van der Waals surface area contributed by atoms with E-state index >= 15 is 0 Å². The number of sulfonamides is 1. The molecule has 2 saturated carbocycles. The quantitative estimate of drug-likeness (QED) is 0.790. The minimum atomic E-state index is -3.59. The third-order valence-corrected chi connectivity index (χ3v) is 7.79. The molecule has 0 spiro atoms. The van der Waals surface area contributed by atoms with Gasteiger partial charge in [-0.2, -0.15) is 0 Å². The normalized spacial score (nSPS) is 28.2. The van der Waals surface area contributed by atoms with Gasteiger partial charge in [0.2, 0.25) is 10.0 Å². The zero-order chi connectivity index (χ0) is 18.3. The Labute approximate surface area is 167 Å². The molecular weight excluding hydrogens is 386 g/mol. The van der Waals surface area contributed by atoms with E-state index in [1.165, 1.54) is 6.07 Å². The van der Waals surface area contributed by atoms with Crippen LogP contribution in [-0.2, 0) is 10.0 Å². The summed E-state index contributed by atoms with van der Waals surface area (Å²) in [4.78, 5) is 14.9. The summed E-state index contributed by atoms with van der Waals surface area (Å²) in [6.45, 7) is 1.41. The number of likely N-dealkylation sites (tertiary alicyclic amines) is 1. The third-order valence-electron chi connectivity index (χ3n) is 6.27. The maximum Gasteiger partial charge on any atom is 0.253 e. The van der Waals surface area contributed by atoms with Gasteiger partial charge in [-0.05, 0) is 55.7 Å². The number of rotatable bonds is 4. The smallest absolute Gasteiger partial charge is 0.253 e. The predicted molar refractivity (Wildman–Crippen MR) is 106 cm³/mol. The molecule has 3 fully saturated rings. The Hall–Kier alpha value is -1.15. The van der Waals surface area contributed by atoms with Crippen molar-refractivity contribution in [1.82, 2.24) is 9.62 Å². The van der Waals surface area contributed by atoms with Gasteiger partial charge < -0.3 is 10.6 Å². The maximum atomic E-state index is 12.9. The molecule has 0 aromatic heterocycles. The van der Waals surface area contributed by atoms with Gasteiger partial charge in [-0.25, -0.2) is 13.1 Å². The second-order valence-corrected chi connectivity index (χ2v) is 9.72. The van der Waals surface area contributed by atoms with E-state index in [0.717, 1.165) is 45.1 Å². The molecular formula is C19H28ClN3O3S. The van der Waals surface area contributed by atoms with Gasteiger partial charge in [0.1, 0.15) is 0 Å². The van der Waals surface area contributed by atoms with Crippen molar-refractivity contribution in [3.8, 4) is 0 Å². The molecule has 2 aliphatic carbocycles. The Morgan fingerprint density at radius 3 is 2.56 bits per heavy atom. The van der Waals surface area contributed by atoms with Crippen LogP contribution in [0.4, 0.5) is 0 Å². The SMILES string of the molecule is Cl.NC1CCC2CN(C(=O)c3cccc(S(=O)(=O)NC4CCCC4)c3)CC12. The summed E-state index contributed by atoms with van der Waals surface area (Å²) in [5.74, 6) is 0.782. The highest BCUT2D eigenvalue weighted by Gasteiger charge is 2.42. The van der Waals surface area contributed by atoms with Gasteiger partial charge >= 0.3 is 0 Å². The van der Waals surface area contributed by atoms with Gasteiger partial charge in [-0.3, -0.25) is 4.79 Å². The summed E-state index contributed by atoms with van der Waals surface area (Å²) >= 11 is 0. The van der Waals surface area contributed by atoms with Crippen LogP contribution in [-0.4, -0.2) is 44.4 Å². The van der Waals surface area contributed by atoms with E-state index in [4.69, 9.17) is 5.73 Å². The standard InChI is InChI=1S/C19H27N3O3S.ClH/c20-18-9-8-14-11-22(12-17(14)18)19(23)13-4-3-7-16(10-13)26(24,25)21-15-5-1-2-6-15;/h3-4,7,10,14-15,17-18,21H,1-2,5-6,8-9,11-12,20H2;1H. The molecule has 1 amide bonds. The molecule has 27 heavy (non-hydrogen) atoms. The van der Waals surface area contributed by atoms with Crippen LogP contribution < -0.4 is 10.5 Å². The van der Waals surface area contributed by atoms with Gasteiger partial charge in [0.15, 0.2) is 0 Å². The summed E-state index contributed by atoms with van der Waals surface area (Å²) in [5.41, 5.74) is 6.59. The minimum Gasteiger partial charge on any atom is -0.338 e. The van der Waals surface area contributed by atoms with E-state index in [9.17, 15) is 13.2 Å². The lowest BCUT2D eigenvalue weighted by Crippen LogP contribution is -2.34. The second-order valence-electron chi connectivity index (χ2n) is 8.01. The van der Waals surface area contributed by atoms with Gasteiger partial charge in [0.25, 0.3) is 5.91 Å². The van der Waals surface area contributed by atoms with Crippen molar-refractivity contribution in [1.29, 1.82) is 0 Å². The highest BCUT2D eigenvalue weighted by Crippen LogP contribution is 2.37. The predicted octanol–water partition coefficient (Wildman–Crippen LogP) is 2.14. The Kier molecular flexibility index (Phi) is 6.15. The number of hydrogen-bond donors (Lipinski definition) is 2. The van der Waals surface area contributed by atoms with E-state index in [-0.39, 0.29) is 35.3 Å². The third kappa shape index (κ3) is 4.16. The van der Waals surface area contributed by atoms with E-state index in [1.807, 2.05) is 4.90 Å². The number of hydrogen-bond acceptors (Lipinski definition) is 4. The fourth-order valence-electron chi connectivity index (χ4n) is 4.78. The topological polar surface area (TPSA) is 92.5 Å². The fourth-order valence-corrected chi connectivity index (χ4v) is 6.13. The maximum absolute atomic E-state index is 12.9. The van der Waals surface area contributed by atoms with Crippen LogP contribution in [0.5, 0.6) is 0 Å². The van der Waals surface area contributed by atoms with Crippen LogP contribution in [0.15, 0.2) is 29.2 Å². The first-order valence-corrected chi connectivity index (χ1v) is 11.1. The summed E-state index contributed by atoms with van der Waals surface area (Å²) < 4.78 is 28.0. The molecule has 3 N–H and O–H groups in total. The number of halogens is 1. The Morgan fingerprint density at radius 2 is 1.85 bits per heavy atom. The van der Waals surface area contributed by atoms with Gasteiger partial charge in [0.05, 0.1) is 4.90 Å². The lowest BCUT2D eigenvalue weighted by molar-refractivity contribution is 0.0779. The van der Waals surface area contributed by atoms with Crippen LogP contribution >= 0.6 is 12.4 Å². The molecule has 1 aromatic carbocycles. The van der Waals surface area contributed by atoms with Crippen LogP contribution in [0, 0.1) is 11.8 Å². The average Bonchev–Trinajstić information content (AvgIpc) is 3.34. The first-order valence-electron chi connectivity index (χ1n) is 9.61. The van der Waals surface area contributed by atoms with Crippen molar-refractivity contribution in [2.24, 2.45) is 17.6 Å². The van der Waals surface area contributed by atoms with Crippen LogP contribution in [0.1, 0.15) is 48.9 Å².